The van der Waals surface area contributed by atoms with Crippen LogP contribution >= 0.6 is 0 Å². The second-order valence-corrected chi connectivity index (χ2v) is 9.87. The smallest absolute Gasteiger partial charge is 0.256 e. The predicted octanol–water partition coefficient (Wildman–Crippen LogP) is 9.24. The normalized spacial score (nSPS) is 10.9. The van der Waals surface area contributed by atoms with Gasteiger partial charge in [-0.05, 0) is 103 Å². The van der Waals surface area contributed by atoms with Crippen molar-refractivity contribution in [1.29, 1.82) is 0 Å². The third-order valence-corrected chi connectivity index (χ3v) is 7.02. The van der Waals surface area contributed by atoms with Gasteiger partial charge >= 0.3 is 0 Å². The molecule has 4 aromatic rings. The second kappa shape index (κ2) is 11.4. The summed E-state index contributed by atoms with van der Waals surface area (Å²) >= 11 is 0. The van der Waals surface area contributed by atoms with E-state index < -0.39 is 0 Å². The molecule has 2 heteroatoms. The number of hydrogen-bond acceptors (Lipinski definition) is 1. The van der Waals surface area contributed by atoms with Crippen LogP contribution < -0.4 is 5.32 Å². The molecule has 4 rings (SSSR count). The average Bonchev–Trinajstić information content (AvgIpc) is 2.86. The molecule has 0 aliphatic heterocycles. The Morgan fingerprint density at radius 3 is 1.67 bits per heavy atom. The van der Waals surface area contributed by atoms with Gasteiger partial charge in [0.15, 0.2) is 0 Å². The summed E-state index contributed by atoms with van der Waals surface area (Å²) in [5, 5.41) is 3.25. The highest BCUT2D eigenvalue weighted by Crippen LogP contribution is 2.41. The van der Waals surface area contributed by atoms with E-state index in [0.29, 0.717) is 0 Å². The zero-order valence-electron chi connectivity index (χ0n) is 22.2. The van der Waals surface area contributed by atoms with Crippen molar-refractivity contribution in [1.82, 2.24) is 0 Å². The fraction of sp³-hybridized carbons (Fsp3) is 0.265. The number of aryl methyl sites for hydroxylation is 2. The van der Waals surface area contributed by atoms with E-state index in [1.165, 1.54) is 29.5 Å². The molecule has 0 heterocycles. The van der Waals surface area contributed by atoms with Gasteiger partial charge in [0.1, 0.15) is 0 Å². The van der Waals surface area contributed by atoms with Crippen LogP contribution in [0.5, 0.6) is 0 Å². The first-order chi connectivity index (χ1) is 17.4. The molecule has 184 valence electrons. The third kappa shape index (κ3) is 5.44. The number of unbranched alkanes of at least 4 members (excludes halogenated alkanes) is 2. The number of hydrogen-bond donors (Lipinski definition) is 1. The molecule has 36 heavy (non-hydrogen) atoms. The van der Waals surface area contributed by atoms with Crippen molar-refractivity contribution in [2.24, 2.45) is 0 Å². The van der Waals surface area contributed by atoms with E-state index in [2.05, 4.69) is 94.5 Å². The summed E-state index contributed by atoms with van der Waals surface area (Å²) in [6.07, 6.45) is 4.56. The van der Waals surface area contributed by atoms with Gasteiger partial charge in [0, 0.05) is 5.69 Å². The molecule has 0 saturated heterocycles. The summed E-state index contributed by atoms with van der Waals surface area (Å²) in [5.74, 6) is -0.0657. The van der Waals surface area contributed by atoms with Crippen molar-refractivity contribution in [3.63, 3.8) is 0 Å². The maximum atomic E-state index is 14.2. The summed E-state index contributed by atoms with van der Waals surface area (Å²) in [4.78, 5) is 14.2. The van der Waals surface area contributed by atoms with Crippen molar-refractivity contribution >= 4 is 11.6 Å². The predicted molar refractivity (Wildman–Crippen MR) is 154 cm³/mol. The lowest BCUT2D eigenvalue weighted by molar-refractivity contribution is 0.102. The quantitative estimate of drug-likeness (QED) is 0.253. The van der Waals surface area contributed by atoms with Crippen molar-refractivity contribution in [3.8, 4) is 22.3 Å². The molecule has 0 unspecified atom stereocenters. The summed E-state index contributed by atoms with van der Waals surface area (Å²) in [6.45, 7) is 10.8. The Bertz CT molecular complexity index is 1270. The first-order valence-corrected chi connectivity index (χ1v) is 13.1. The minimum absolute atomic E-state index is 0.0657. The first kappa shape index (κ1) is 25.4. The van der Waals surface area contributed by atoms with Gasteiger partial charge in [-0.25, -0.2) is 0 Å². The first-order valence-electron chi connectivity index (χ1n) is 13.1. The Morgan fingerprint density at radius 1 is 0.694 bits per heavy atom. The van der Waals surface area contributed by atoms with Crippen LogP contribution in [0.2, 0.25) is 0 Å². The highest BCUT2D eigenvalue weighted by molar-refractivity contribution is 6.14. The Balaban J connectivity index is 2.00. The lowest BCUT2D eigenvalue weighted by Crippen LogP contribution is -2.18. The number of rotatable bonds is 8. The number of carbonyl (C=O) groups excluding carboxylic acids is 1. The molecular formula is C34H37NO. The number of amides is 1. The van der Waals surface area contributed by atoms with Crippen LogP contribution in [0.15, 0.2) is 78.9 Å². The Kier molecular flexibility index (Phi) is 8.05. The summed E-state index contributed by atoms with van der Waals surface area (Å²) in [7, 11) is 0. The van der Waals surface area contributed by atoms with E-state index >= 15 is 0 Å². The van der Waals surface area contributed by atoms with Crippen LogP contribution in [0.25, 0.3) is 22.3 Å². The lowest BCUT2D eigenvalue weighted by atomic mass is 9.80. The van der Waals surface area contributed by atoms with Gasteiger partial charge in [-0.15, -0.1) is 0 Å². The van der Waals surface area contributed by atoms with E-state index in [-0.39, 0.29) is 5.91 Å². The van der Waals surface area contributed by atoms with Crippen molar-refractivity contribution in [3.05, 3.63) is 112 Å². The van der Waals surface area contributed by atoms with E-state index in [4.69, 9.17) is 0 Å². The highest BCUT2D eigenvalue weighted by Gasteiger charge is 2.26. The molecule has 0 fully saturated rings. The number of nitrogens with one attached hydrogen (secondary N) is 1. The minimum atomic E-state index is -0.0657. The summed E-state index contributed by atoms with van der Waals surface area (Å²) in [5.41, 5.74) is 11.9. The maximum absolute atomic E-state index is 14.2. The molecule has 0 spiro atoms. The van der Waals surface area contributed by atoms with Crippen molar-refractivity contribution in [2.75, 3.05) is 5.32 Å². The fourth-order valence-corrected chi connectivity index (χ4v) is 5.41. The van der Waals surface area contributed by atoms with E-state index in [0.717, 1.165) is 57.5 Å². The van der Waals surface area contributed by atoms with Crippen LogP contribution in [0, 0.1) is 27.7 Å². The van der Waals surface area contributed by atoms with Gasteiger partial charge in [0.05, 0.1) is 5.56 Å². The minimum Gasteiger partial charge on any atom is -0.322 e. The Hall–Kier alpha value is -3.65. The van der Waals surface area contributed by atoms with Crippen LogP contribution in [0.1, 0.15) is 64.4 Å². The van der Waals surface area contributed by atoms with Gasteiger partial charge in [-0.3, -0.25) is 4.79 Å². The highest BCUT2D eigenvalue weighted by atomic mass is 16.1. The van der Waals surface area contributed by atoms with Crippen LogP contribution in [-0.4, -0.2) is 5.91 Å². The van der Waals surface area contributed by atoms with Gasteiger partial charge < -0.3 is 5.32 Å². The van der Waals surface area contributed by atoms with E-state index in [9.17, 15) is 4.79 Å². The lowest BCUT2D eigenvalue weighted by Gasteiger charge is -2.24. The molecule has 0 atom stereocenters. The number of benzene rings is 4. The molecule has 4 aromatic carbocycles. The summed E-state index contributed by atoms with van der Waals surface area (Å²) < 4.78 is 0. The zero-order valence-corrected chi connectivity index (χ0v) is 22.2. The van der Waals surface area contributed by atoms with Crippen molar-refractivity contribution in [2.45, 2.75) is 60.3 Å². The SMILES string of the molecule is CCCCCc1c(C)c(-c2ccccc2)c(C(=O)Nc2cc(C)cc(C)c2)c(-c2ccccc2)c1C. The Morgan fingerprint density at radius 2 is 1.19 bits per heavy atom. The molecule has 0 aliphatic carbocycles. The maximum Gasteiger partial charge on any atom is 0.256 e. The van der Waals surface area contributed by atoms with E-state index in [1.807, 2.05) is 24.3 Å². The van der Waals surface area contributed by atoms with Crippen LogP contribution in [0.4, 0.5) is 5.69 Å². The zero-order chi connectivity index (χ0) is 25.7. The van der Waals surface area contributed by atoms with E-state index in [1.54, 1.807) is 0 Å². The monoisotopic (exact) mass is 475 g/mol. The molecule has 0 aromatic heterocycles. The summed E-state index contributed by atoms with van der Waals surface area (Å²) in [6, 6.07) is 27.0. The number of carbonyl (C=O) groups is 1. The number of anilines is 1. The Labute approximate surface area is 216 Å². The van der Waals surface area contributed by atoms with Gasteiger partial charge in [0.2, 0.25) is 0 Å². The molecule has 0 aliphatic rings. The second-order valence-electron chi connectivity index (χ2n) is 9.87. The molecule has 0 bridgehead atoms. The topological polar surface area (TPSA) is 29.1 Å². The van der Waals surface area contributed by atoms with Crippen molar-refractivity contribution < 1.29 is 4.79 Å². The van der Waals surface area contributed by atoms with Gasteiger partial charge in [-0.1, -0.05) is 86.5 Å². The molecular weight excluding hydrogens is 438 g/mol. The standard InChI is InChI=1S/C34H37NO/c1-6-7-10-19-30-25(4)31(27-15-11-8-12-16-27)33(32(26(30)5)28-17-13-9-14-18-28)34(36)35-29-21-23(2)20-24(3)22-29/h8-9,11-18,20-22H,6-7,10,19H2,1-5H3,(H,35,36). The largest absolute Gasteiger partial charge is 0.322 e. The molecule has 1 N–H and O–H groups in total. The van der Waals surface area contributed by atoms with Gasteiger partial charge in [-0.2, -0.15) is 0 Å². The molecule has 2 nitrogen and oxygen atoms in total. The molecule has 0 radical (unpaired) electrons. The van der Waals surface area contributed by atoms with Crippen LogP contribution in [0.3, 0.4) is 0 Å². The molecule has 1 amide bonds. The fourth-order valence-electron chi connectivity index (χ4n) is 5.41. The van der Waals surface area contributed by atoms with Gasteiger partial charge in [0.25, 0.3) is 5.91 Å². The van der Waals surface area contributed by atoms with Crippen LogP contribution in [-0.2, 0) is 6.42 Å². The third-order valence-electron chi connectivity index (χ3n) is 7.02. The molecule has 0 saturated carbocycles. The average molecular weight is 476 g/mol.